The molecule has 150 valence electrons. The smallest absolute Gasteiger partial charge is 0.422 e. The van der Waals surface area contributed by atoms with Gasteiger partial charge < -0.3 is 14.8 Å². The Balaban J connectivity index is 2.16. The van der Waals surface area contributed by atoms with Gasteiger partial charge in [0.2, 0.25) is 0 Å². The molecule has 0 fully saturated rings. The van der Waals surface area contributed by atoms with Gasteiger partial charge in [-0.05, 0) is 18.6 Å². The van der Waals surface area contributed by atoms with Crippen molar-refractivity contribution in [3.8, 4) is 11.5 Å². The van der Waals surface area contributed by atoms with Gasteiger partial charge in [0.05, 0.1) is 16.7 Å². The van der Waals surface area contributed by atoms with E-state index >= 15 is 0 Å². The number of nitro groups is 1. The molecule has 1 atom stereocenters. The van der Waals surface area contributed by atoms with Gasteiger partial charge in [-0.15, -0.1) is 0 Å². The molecule has 28 heavy (non-hydrogen) atoms. The summed E-state index contributed by atoms with van der Waals surface area (Å²) in [6.45, 7) is 0.0920. The molecule has 10 heteroatoms. The molecule has 0 radical (unpaired) electrons. The average Bonchev–Trinajstić information content (AvgIpc) is 2.64. The Hall–Kier alpha value is -3.30. The standard InChI is InChI=1S/C18H17F3N2O5/c1-2-16(28-14-6-4-3-5-7-14)17(24)22-12-8-13(23(25)26)10-15(9-12)27-11-18(19,20)21/h3-10,16H,2,11H2,1H3,(H,22,24)/t16-/m0/s1. The molecule has 0 bridgehead atoms. The van der Waals surface area contributed by atoms with E-state index in [2.05, 4.69) is 10.1 Å². The topological polar surface area (TPSA) is 90.7 Å². The van der Waals surface area contributed by atoms with Gasteiger partial charge in [-0.25, -0.2) is 0 Å². The number of halogens is 3. The van der Waals surface area contributed by atoms with Crippen molar-refractivity contribution in [2.45, 2.75) is 25.6 Å². The molecule has 1 N–H and O–H groups in total. The summed E-state index contributed by atoms with van der Waals surface area (Å²) in [5.41, 5.74) is -0.599. The first kappa shape index (κ1) is 21.0. The van der Waals surface area contributed by atoms with Crippen LogP contribution in [0.1, 0.15) is 13.3 Å². The summed E-state index contributed by atoms with van der Waals surface area (Å²) < 4.78 is 47.1. The lowest BCUT2D eigenvalue weighted by Gasteiger charge is -2.17. The molecule has 0 aliphatic rings. The van der Waals surface area contributed by atoms with Crippen molar-refractivity contribution < 1.29 is 32.4 Å². The van der Waals surface area contributed by atoms with Gasteiger partial charge in [-0.2, -0.15) is 13.2 Å². The van der Waals surface area contributed by atoms with E-state index in [1.165, 1.54) is 0 Å². The number of hydrogen-bond donors (Lipinski definition) is 1. The summed E-state index contributed by atoms with van der Waals surface area (Å²) in [5.74, 6) is -0.537. The fourth-order valence-electron chi connectivity index (χ4n) is 2.22. The van der Waals surface area contributed by atoms with Gasteiger partial charge in [-0.1, -0.05) is 25.1 Å². The number of benzene rings is 2. The summed E-state index contributed by atoms with van der Waals surface area (Å²) in [7, 11) is 0. The van der Waals surface area contributed by atoms with Gasteiger partial charge in [0.25, 0.3) is 11.6 Å². The number of hydrogen-bond acceptors (Lipinski definition) is 5. The minimum absolute atomic E-state index is 0.0773. The van der Waals surface area contributed by atoms with Crippen molar-refractivity contribution in [2.24, 2.45) is 0 Å². The van der Waals surface area contributed by atoms with Gasteiger partial charge in [0, 0.05) is 12.1 Å². The summed E-state index contributed by atoms with van der Waals surface area (Å²) in [5, 5.41) is 13.4. The van der Waals surface area contributed by atoms with Gasteiger partial charge in [-0.3, -0.25) is 14.9 Å². The van der Waals surface area contributed by atoms with E-state index in [-0.39, 0.29) is 11.4 Å². The second kappa shape index (κ2) is 9.07. The average molecular weight is 398 g/mol. The summed E-state index contributed by atoms with van der Waals surface area (Å²) >= 11 is 0. The predicted molar refractivity (Wildman–Crippen MR) is 94.4 cm³/mol. The Morgan fingerprint density at radius 3 is 2.43 bits per heavy atom. The zero-order valence-electron chi connectivity index (χ0n) is 14.7. The number of amides is 1. The second-order valence-electron chi connectivity index (χ2n) is 5.69. The van der Waals surface area contributed by atoms with Crippen molar-refractivity contribution in [3.05, 3.63) is 58.6 Å². The maximum absolute atomic E-state index is 12.4. The Morgan fingerprint density at radius 2 is 1.86 bits per heavy atom. The highest BCUT2D eigenvalue weighted by atomic mass is 19.4. The number of carbonyl (C=O) groups is 1. The third-order valence-corrected chi connectivity index (χ3v) is 3.46. The number of ether oxygens (including phenoxy) is 2. The zero-order chi connectivity index (χ0) is 20.7. The zero-order valence-corrected chi connectivity index (χ0v) is 14.7. The van der Waals surface area contributed by atoms with Crippen LogP contribution in [0.2, 0.25) is 0 Å². The van der Waals surface area contributed by atoms with Crippen LogP contribution in [0.3, 0.4) is 0 Å². The van der Waals surface area contributed by atoms with E-state index in [1.54, 1.807) is 37.3 Å². The van der Waals surface area contributed by atoms with Crippen molar-refractivity contribution >= 4 is 17.3 Å². The Bertz CT molecular complexity index is 828. The van der Waals surface area contributed by atoms with Crippen molar-refractivity contribution in [2.75, 3.05) is 11.9 Å². The lowest BCUT2D eigenvalue weighted by atomic mass is 10.2. The lowest BCUT2D eigenvalue weighted by Crippen LogP contribution is -2.32. The fourth-order valence-corrected chi connectivity index (χ4v) is 2.22. The number of alkyl halides is 3. The van der Waals surface area contributed by atoms with Crippen LogP contribution in [0.15, 0.2) is 48.5 Å². The van der Waals surface area contributed by atoms with Crippen molar-refractivity contribution in [3.63, 3.8) is 0 Å². The first-order valence-electron chi connectivity index (χ1n) is 8.19. The van der Waals surface area contributed by atoms with E-state index in [1.807, 2.05) is 0 Å². The van der Waals surface area contributed by atoms with E-state index < -0.39 is 35.4 Å². The number of carbonyl (C=O) groups excluding carboxylic acids is 1. The van der Waals surface area contributed by atoms with Crippen LogP contribution in [0.5, 0.6) is 11.5 Å². The number of rotatable bonds is 8. The normalized spacial score (nSPS) is 12.1. The van der Waals surface area contributed by atoms with Gasteiger partial charge >= 0.3 is 6.18 Å². The third kappa shape index (κ3) is 6.45. The highest BCUT2D eigenvalue weighted by Gasteiger charge is 2.29. The Labute approximate surface area is 158 Å². The number of non-ortho nitro benzene ring substituents is 1. The molecular formula is C18H17F3N2O5. The Kier molecular flexibility index (Phi) is 6.80. The number of anilines is 1. The lowest BCUT2D eigenvalue weighted by molar-refractivity contribution is -0.384. The molecular weight excluding hydrogens is 381 g/mol. The van der Waals surface area contributed by atoms with E-state index in [9.17, 15) is 28.1 Å². The molecule has 2 aromatic carbocycles. The van der Waals surface area contributed by atoms with Gasteiger partial charge in [0.15, 0.2) is 12.7 Å². The van der Waals surface area contributed by atoms with Crippen LogP contribution in [0.4, 0.5) is 24.5 Å². The Morgan fingerprint density at radius 1 is 1.18 bits per heavy atom. The second-order valence-corrected chi connectivity index (χ2v) is 5.69. The van der Waals surface area contributed by atoms with Crippen LogP contribution in [0.25, 0.3) is 0 Å². The molecule has 0 aromatic heterocycles. The molecule has 1 amide bonds. The van der Waals surface area contributed by atoms with Gasteiger partial charge in [0.1, 0.15) is 11.5 Å². The molecule has 0 unspecified atom stereocenters. The maximum Gasteiger partial charge on any atom is 0.422 e. The molecule has 7 nitrogen and oxygen atoms in total. The molecule has 0 saturated heterocycles. The highest BCUT2D eigenvalue weighted by Crippen LogP contribution is 2.28. The van der Waals surface area contributed by atoms with Crippen molar-refractivity contribution in [1.82, 2.24) is 0 Å². The molecule has 0 spiro atoms. The highest BCUT2D eigenvalue weighted by molar-refractivity contribution is 5.94. The first-order valence-corrected chi connectivity index (χ1v) is 8.19. The molecule has 0 saturated carbocycles. The summed E-state index contributed by atoms with van der Waals surface area (Å²) in [6.07, 6.45) is -5.21. The largest absolute Gasteiger partial charge is 0.484 e. The summed E-state index contributed by atoms with van der Waals surface area (Å²) in [4.78, 5) is 22.6. The quantitative estimate of drug-likeness (QED) is 0.528. The van der Waals surface area contributed by atoms with Crippen LogP contribution in [-0.2, 0) is 4.79 Å². The number of nitro benzene ring substituents is 1. The molecule has 2 aromatic rings. The minimum Gasteiger partial charge on any atom is -0.484 e. The molecule has 0 aliphatic carbocycles. The van der Waals surface area contributed by atoms with Crippen LogP contribution >= 0.6 is 0 Å². The first-order chi connectivity index (χ1) is 13.2. The van der Waals surface area contributed by atoms with Crippen LogP contribution < -0.4 is 14.8 Å². The van der Waals surface area contributed by atoms with Crippen LogP contribution in [0, 0.1) is 10.1 Å². The molecule has 2 rings (SSSR count). The third-order valence-electron chi connectivity index (χ3n) is 3.46. The predicted octanol–water partition coefficient (Wildman–Crippen LogP) is 4.33. The van der Waals surface area contributed by atoms with E-state index in [0.29, 0.717) is 12.2 Å². The van der Waals surface area contributed by atoms with E-state index in [4.69, 9.17) is 4.74 Å². The number of nitrogens with zero attached hydrogens (tertiary/aromatic N) is 1. The fraction of sp³-hybridized carbons (Fsp3) is 0.278. The number of para-hydroxylation sites is 1. The van der Waals surface area contributed by atoms with Crippen molar-refractivity contribution in [1.29, 1.82) is 0 Å². The monoisotopic (exact) mass is 398 g/mol. The molecule has 0 heterocycles. The maximum atomic E-state index is 12.4. The SMILES string of the molecule is CC[C@H](Oc1ccccc1)C(=O)Nc1cc(OCC(F)(F)F)cc([N+](=O)[O-])c1. The number of nitrogens with one attached hydrogen (secondary N) is 1. The van der Waals surface area contributed by atoms with E-state index in [0.717, 1.165) is 18.2 Å². The summed E-state index contributed by atoms with van der Waals surface area (Å²) in [6, 6.07) is 11.5. The van der Waals surface area contributed by atoms with Crippen LogP contribution in [-0.4, -0.2) is 29.7 Å². The molecule has 0 aliphatic heterocycles. The minimum atomic E-state index is -4.61.